The van der Waals surface area contributed by atoms with E-state index in [1.165, 1.54) is 0 Å². The SMILES string of the molecule is C[N+](C)(C)CCCN[S](=O)(=O)[Rf]. The fraction of sp³-hybridized carbons (Fsp3) is 1.00. The maximum atomic E-state index is 10.7. The van der Waals surface area contributed by atoms with E-state index in [0.717, 1.165) is 17.4 Å². The molecular formula is C6H16N2O2RfS+. The van der Waals surface area contributed by atoms with Crippen molar-refractivity contribution < 1.29 is 12.9 Å². The molecule has 4 nitrogen and oxygen atoms in total. The summed E-state index contributed by atoms with van der Waals surface area (Å²) in [7, 11) is 3.50. The first kappa shape index (κ1) is 10.9. The van der Waals surface area contributed by atoms with Crippen molar-refractivity contribution in [1.82, 2.24) is 4.72 Å². The van der Waals surface area contributed by atoms with Gasteiger partial charge in [-0.25, -0.2) is 0 Å². The van der Waals surface area contributed by atoms with Gasteiger partial charge in [0.25, 0.3) is 0 Å². The Bertz CT molecular complexity index is 220. The first-order valence-corrected chi connectivity index (χ1v) is 13.3. The Morgan fingerprint density at radius 2 is 1.83 bits per heavy atom. The molecule has 0 aromatic carbocycles. The van der Waals surface area contributed by atoms with Gasteiger partial charge in [0, 0.05) is 0 Å². The molecule has 0 aromatic heterocycles. The van der Waals surface area contributed by atoms with Crippen LogP contribution in [0.4, 0.5) is 0 Å². The van der Waals surface area contributed by atoms with Crippen molar-refractivity contribution >= 4 is 10.9 Å². The van der Waals surface area contributed by atoms with Crippen molar-refractivity contribution in [3.8, 4) is 0 Å². The summed E-state index contributed by atoms with van der Waals surface area (Å²) < 4.78 is 24.6. The van der Waals surface area contributed by atoms with Gasteiger partial charge < -0.3 is 0 Å². The summed E-state index contributed by atoms with van der Waals surface area (Å²) in [5, 5.41) is 0. The Hall–Kier alpha value is -1.13. The molecule has 0 heterocycles. The third-order valence-electron chi connectivity index (χ3n) is 1.33. The van der Waals surface area contributed by atoms with E-state index >= 15 is 0 Å². The molecule has 69 valence electrons. The predicted octanol–water partition coefficient (Wildman–Crippen LogP) is -0.534. The van der Waals surface area contributed by atoms with Crippen LogP contribution in [-0.2, 0) is 10.9 Å². The summed E-state index contributed by atoms with van der Waals surface area (Å²) in [5.41, 5.74) is 0. The van der Waals surface area contributed by atoms with E-state index in [0.29, 0.717) is 6.54 Å². The van der Waals surface area contributed by atoms with Gasteiger partial charge in [-0.2, -0.15) is 0 Å². The van der Waals surface area contributed by atoms with Crippen LogP contribution in [0.1, 0.15) is 6.42 Å². The minimum absolute atomic E-state index is 0.311. The summed E-state index contributed by atoms with van der Waals surface area (Å²) in [6.45, 7) is 1.59. The van der Waals surface area contributed by atoms with Gasteiger partial charge in [-0.3, -0.25) is 0 Å². The van der Waals surface area contributed by atoms with Crippen molar-refractivity contribution in [2.45, 2.75) is 6.42 Å². The number of nitrogens with one attached hydrogen (secondary N) is 1. The van der Waals surface area contributed by atoms with Gasteiger partial charge in [0.1, 0.15) is 0 Å². The first-order chi connectivity index (χ1) is 5.21. The van der Waals surface area contributed by atoms with E-state index in [4.69, 9.17) is 0 Å². The molecule has 0 bridgehead atoms. The molecule has 0 radical (unpaired) electrons. The van der Waals surface area contributed by atoms with Crippen LogP contribution in [0.15, 0.2) is 0 Å². The quantitative estimate of drug-likeness (QED) is 0.455. The number of hydrogen-bond donors (Lipinski definition) is 1. The van der Waals surface area contributed by atoms with Crippen LogP contribution in [-0.4, -0.2) is 47.1 Å². The third kappa shape index (κ3) is 8.87. The standard InChI is InChI=1S/C6H16N2O2S.Rf/c1-8(2,3)6-4-5-7-11(9)10;/h4-6H2,1-3H3,(H,7,9,10);/q+1;. The third-order valence-corrected chi connectivity index (χ3v) is 4.74. The summed E-state index contributed by atoms with van der Waals surface area (Å²) in [5.74, 6) is 0. The molecule has 0 aromatic rings. The summed E-state index contributed by atoms with van der Waals surface area (Å²) in [6.07, 6.45) is 0.905. The molecule has 1 N–H and O–H groups in total. The summed E-state index contributed by atoms with van der Waals surface area (Å²) in [6, 6.07) is 0. The second-order valence-corrected chi connectivity index (χ2v) is 15.7. The fourth-order valence-corrected chi connectivity index (χ4v) is 3.20. The molecule has 0 fully saturated rings. The number of rotatable bonds is 5. The van der Waals surface area contributed by atoms with Gasteiger partial charge in [-0.05, 0) is 0 Å². The molecule has 0 amide bonds. The molecule has 0 rings (SSSR count). The Kier molecular flexibility index (Phi) is 3.18. The van der Waals surface area contributed by atoms with E-state index in [1.807, 2.05) is 0 Å². The Morgan fingerprint density at radius 3 is 2.17 bits per heavy atom. The molecule has 0 aliphatic rings. The first-order valence-electron chi connectivity index (χ1n) is 3.84. The van der Waals surface area contributed by atoms with Crippen molar-refractivity contribution in [1.29, 1.82) is 0 Å². The fourth-order valence-electron chi connectivity index (χ4n) is 0.781. The zero-order valence-electron chi connectivity index (χ0n) is 8.00. The topological polar surface area (TPSA) is 46.2 Å². The molecule has 6 heteroatoms. The van der Waals surface area contributed by atoms with Crippen molar-refractivity contribution in [3.05, 3.63) is 0 Å². The van der Waals surface area contributed by atoms with Crippen LogP contribution in [0, 0.1) is 0 Å². The normalized spacial score (nSPS) is 13.4. The van der Waals surface area contributed by atoms with Gasteiger partial charge in [-0.15, -0.1) is 0 Å². The predicted molar refractivity (Wildman–Crippen MR) is 44.4 cm³/mol. The molecular weight excluding hydrogens is 431 g/mol. The van der Waals surface area contributed by atoms with Crippen LogP contribution in [0.2, 0.25) is 0 Å². The zero-order valence-corrected chi connectivity index (χ0v) is 15.2. The van der Waals surface area contributed by atoms with Crippen LogP contribution in [0.25, 0.3) is 0 Å². The molecule has 0 aliphatic heterocycles. The molecule has 0 unspecified atom stereocenters. The zero-order chi connectivity index (χ0) is 9.83. The average Bonchev–Trinajstić information content (AvgIpc) is 1.76. The van der Waals surface area contributed by atoms with Crippen LogP contribution in [0.3, 0.4) is 0 Å². The van der Waals surface area contributed by atoms with E-state index in [9.17, 15) is 8.42 Å². The van der Waals surface area contributed by atoms with Gasteiger partial charge in [0.15, 0.2) is 0 Å². The van der Waals surface area contributed by atoms with E-state index in [1.54, 1.807) is 0 Å². The molecule has 0 spiro atoms. The average molecular weight is 447 g/mol. The van der Waals surface area contributed by atoms with Crippen LogP contribution >= 0.6 is 0 Å². The Labute approximate surface area is 69.9 Å². The summed E-state index contributed by atoms with van der Waals surface area (Å²) >= 11 is 0. The maximum absolute atomic E-state index is 10.7. The number of nitrogens with zero attached hydrogens (tertiary/aromatic N) is 1. The van der Waals surface area contributed by atoms with Gasteiger partial charge in [0.2, 0.25) is 0 Å². The summed E-state index contributed by atoms with van der Waals surface area (Å²) in [4.78, 5) is 0. The number of hydrogen-bond acceptors (Lipinski definition) is 2. The van der Waals surface area contributed by atoms with E-state index in [2.05, 4.69) is 25.9 Å². The van der Waals surface area contributed by atoms with E-state index in [-0.39, 0.29) is 0 Å². The Morgan fingerprint density at radius 1 is 1.33 bits per heavy atom. The number of quaternary nitrogens is 1. The van der Waals surface area contributed by atoms with Gasteiger partial charge in [0.05, 0.1) is 0 Å². The molecule has 0 aliphatic carbocycles. The molecule has 0 saturated carbocycles. The Balaban J connectivity index is 3.48. The minimum atomic E-state index is -2.79. The van der Waals surface area contributed by atoms with Crippen molar-refractivity contribution in [3.63, 3.8) is 0 Å². The second kappa shape index (κ2) is 3.51. The van der Waals surface area contributed by atoms with Gasteiger partial charge >= 0.3 is 69.2 Å². The van der Waals surface area contributed by atoms with Crippen LogP contribution in [0.5, 0.6) is 0 Å². The van der Waals surface area contributed by atoms with Crippen molar-refractivity contribution in [2.75, 3.05) is 34.2 Å². The van der Waals surface area contributed by atoms with Gasteiger partial charge in [-0.1, -0.05) is 0 Å². The molecule has 12 heavy (non-hydrogen) atoms. The van der Waals surface area contributed by atoms with Crippen LogP contribution < -0.4 is 4.72 Å². The second-order valence-electron chi connectivity index (χ2n) is 3.88. The monoisotopic (exact) mass is 447 g/mol. The molecule has 0 atom stereocenters. The molecule has 0 saturated heterocycles. The van der Waals surface area contributed by atoms with Crippen molar-refractivity contribution in [2.24, 2.45) is 0 Å². The van der Waals surface area contributed by atoms with E-state index < -0.39 is 10.9 Å².